The van der Waals surface area contributed by atoms with Gasteiger partial charge in [-0.1, -0.05) is 0 Å². The summed E-state index contributed by atoms with van der Waals surface area (Å²) in [6.07, 6.45) is -4.21. The van der Waals surface area contributed by atoms with Crippen LogP contribution in [0.25, 0.3) is 0 Å². The minimum Gasteiger partial charge on any atom is -0.480 e. The van der Waals surface area contributed by atoms with Crippen molar-refractivity contribution >= 4 is 12.0 Å². The summed E-state index contributed by atoms with van der Waals surface area (Å²) in [6, 6.07) is -1.06. The zero-order chi connectivity index (χ0) is 14.2. The molecular weight excluding hydrogens is 257 g/mol. The molecule has 9 heteroatoms. The first-order chi connectivity index (χ1) is 8.26. The molecule has 0 saturated carbocycles. The standard InChI is InChI=1S/C9H15F3N2O4/c1-18-4-2-3-13-8(17)14(5-7(15)16)6-9(10,11)12/h2-6H2,1H3,(H,13,17)(H,15,16). The first-order valence-electron chi connectivity index (χ1n) is 5.06. The summed E-state index contributed by atoms with van der Waals surface area (Å²) < 4.78 is 41.1. The molecule has 0 spiro atoms. The summed E-state index contributed by atoms with van der Waals surface area (Å²) in [6.45, 7) is -2.15. The van der Waals surface area contributed by atoms with E-state index in [1.165, 1.54) is 7.11 Å². The first kappa shape index (κ1) is 16.5. The highest BCUT2D eigenvalue weighted by Crippen LogP contribution is 2.16. The molecular formula is C9H15F3N2O4. The van der Waals surface area contributed by atoms with E-state index in [1.807, 2.05) is 0 Å². The Morgan fingerprint density at radius 1 is 1.39 bits per heavy atom. The highest BCUT2D eigenvalue weighted by Gasteiger charge is 2.33. The second kappa shape index (κ2) is 7.75. The molecule has 0 rings (SSSR count). The molecule has 0 aliphatic carbocycles. The minimum absolute atomic E-state index is 0.112. The quantitative estimate of drug-likeness (QED) is 0.668. The second-order valence-electron chi connectivity index (χ2n) is 3.44. The third-order valence-corrected chi connectivity index (χ3v) is 1.78. The fourth-order valence-corrected chi connectivity index (χ4v) is 1.10. The van der Waals surface area contributed by atoms with Gasteiger partial charge in [0.25, 0.3) is 0 Å². The number of aliphatic carboxylic acids is 1. The number of carboxylic acid groups (broad SMARTS) is 1. The van der Waals surface area contributed by atoms with E-state index in [9.17, 15) is 22.8 Å². The third-order valence-electron chi connectivity index (χ3n) is 1.78. The smallest absolute Gasteiger partial charge is 0.406 e. The van der Waals surface area contributed by atoms with Gasteiger partial charge in [0.1, 0.15) is 13.1 Å². The van der Waals surface area contributed by atoms with E-state index in [1.54, 1.807) is 0 Å². The monoisotopic (exact) mass is 272 g/mol. The Labute approximate surface area is 102 Å². The SMILES string of the molecule is COCCCNC(=O)N(CC(=O)O)CC(F)(F)F. The lowest BCUT2D eigenvalue weighted by Gasteiger charge is -2.22. The van der Waals surface area contributed by atoms with Crippen molar-refractivity contribution in [2.45, 2.75) is 12.6 Å². The van der Waals surface area contributed by atoms with Crippen LogP contribution in [0.2, 0.25) is 0 Å². The number of nitrogens with one attached hydrogen (secondary N) is 1. The van der Waals surface area contributed by atoms with E-state index in [0.717, 1.165) is 0 Å². The molecule has 18 heavy (non-hydrogen) atoms. The summed E-state index contributed by atoms with van der Waals surface area (Å²) in [4.78, 5) is 21.9. The maximum absolute atomic E-state index is 12.1. The zero-order valence-corrected chi connectivity index (χ0v) is 9.79. The van der Waals surface area contributed by atoms with Crippen LogP contribution in [0, 0.1) is 0 Å². The van der Waals surface area contributed by atoms with Crippen LogP contribution in [-0.4, -0.2) is 61.5 Å². The number of amides is 2. The van der Waals surface area contributed by atoms with Crippen molar-refractivity contribution < 1.29 is 32.6 Å². The topological polar surface area (TPSA) is 78.9 Å². The summed E-state index contributed by atoms with van der Waals surface area (Å²) in [5.41, 5.74) is 0. The molecule has 0 bridgehead atoms. The Hall–Kier alpha value is -1.51. The Morgan fingerprint density at radius 3 is 2.44 bits per heavy atom. The van der Waals surface area contributed by atoms with E-state index in [2.05, 4.69) is 5.32 Å². The van der Waals surface area contributed by atoms with Crippen LogP contribution in [0.3, 0.4) is 0 Å². The van der Waals surface area contributed by atoms with Crippen LogP contribution in [0.1, 0.15) is 6.42 Å². The van der Waals surface area contributed by atoms with Crippen LogP contribution < -0.4 is 5.32 Å². The molecule has 0 heterocycles. The number of urea groups is 1. The minimum atomic E-state index is -4.64. The molecule has 0 aromatic rings. The summed E-state index contributed by atoms with van der Waals surface area (Å²) >= 11 is 0. The molecule has 0 atom stereocenters. The lowest BCUT2D eigenvalue weighted by atomic mass is 10.4. The highest BCUT2D eigenvalue weighted by molar-refractivity contribution is 5.80. The van der Waals surface area contributed by atoms with E-state index < -0.39 is 31.3 Å². The molecule has 0 aromatic heterocycles. The van der Waals surface area contributed by atoms with E-state index in [4.69, 9.17) is 9.84 Å². The van der Waals surface area contributed by atoms with Gasteiger partial charge in [-0.25, -0.2) is 4.79 Å². The fourth-order valence-electron chi connectivity index (χ4n) is 1.10. The van der Waals surface area contributed by atoms with Crippen LogP contribution >= 0.6 is 0 Å². The average Bonchev–Trinajstić information content (AvgIpc) is 2.20. The molecule has 0 aliphatic heterocycles. The lowest BCUT2D eigenvalue weighted by Crippen LogP contribution is -2.47. The number of ether oxygens (including phenoxy) is 1. The van der Waals surface area contributed by atoms with Crippen LogP contribution in [0.15, 0.2) is 0 Å². The molecule has 0 unspecified atom stereocenters. The Kier molecular flexibility index (Phi) is 7.10. The summed E-state index contributed by atoms with van der Waals surface area (Å²) in [5, 5.41) is 10.6. The van der Waals surface area contributed by atoms with Gasteiger partial charge < -0.3 is 20.1 Å². The Balaban J connectivity index is 4.27. The summed E-state index contributed by atoms with van der Waals surface area (Å²) in [7, 11) is 1.45. The number of carbonyl (C=O) groups excluding carboxylic acids is 1. The van der Waals surface area contributed by atoms with E-state index >= 15 is 0 Å². The Bertz CT molecular complexity index is 283. The van der Waals surface area contributed by atoms with Gasteiger partial charge in [0.2, 0.25) is 0 Å². The molecule has 0 saturated heterocycles. The van der Waals surface area contributed by atoms with Gasteiger partial charge in [-0.05, 0) is 6.42 Å². The van der Waals surface area contributed by atoms with Crippen LogP contribution in [-0.2, 0) is 9.53 Å². The number of nitrogens with zero attached hydrogens (tertiary/aromatic N) is 1. The van der Waals surface area contributed by atoms with E-state index in [-0.39, 0.29) is 11.4 Å². The van der Waals surface area contributed by atoms with Gasteiger partial charge in [0.15, 0.2) is 0 Å². The maximum atomic E-state index is 12.1. The first-order valence-corrected chi connectivity index (χ1v) is 5.06. The van der Waals surface area contributed by atoms with Gasteiger partial charge in [0, 0.05) is 20.3 Å². The second-order valence-corrected chi connectivity index (χ2v) is 3.44. The zero-order valence-electron chi connectivity index (χ0n) is 9.79. The fraction of sp³-hybridized carbons (Fsp3) is 0.778. The third kappa shape index (κ3) is 8.62. The van der Waals surface area contributed by atoms with Gasteiger partial charge in [0.05, 0.1) is 0 Å². The Morgan fingerprint density at radius 2 is 2.00 bits per heavy atom. The number of methoxy groups -OCH3 is 1. The lowest BCUT2D eigenvalue weighted by molar-refractivity contribution is -0.148. The highest BCUT2D eigenvalue weighted by atomic mass is 19.4. The van der Waals surface area contributed by atoms with Gasteiger partial charge in [-0.15, -0.1) is 0 Å². The van der Waals surface area contributed by atoms with Crippen molar-refractivity contribution in [3.63, 3.8) is 0 Å². The molecule has 6 nitrogen and oxygen atoms in total. The van der Waals surface area contributed by atoms with Crippen molar-refractivity contribution in [3.05, 3.63) is 0 Å². The number of hydrogen-bond donors (Lipinski definition) is 2. The number of carboxylic acids is 1. The summed E-state index contributed by atoms with van der Waals surface area (Å²) in [5.74, 6) is -1.51. The predicted octanol–water partition coefficient (Wildman–Crippen LogP) is 0.681. The number of hydrogen-bond acceptors (Lipinski definition) is 3. The largest absolute Gasteiger partial charge is 0.480 e. The molecule has 0 fully saturated rings. The molecule has 2 amide bonds. The van der Waals surface area contributed by atoms with Crippen LogP contribution in [0.4, 0.5) is 18.0 Å². The number of halogens is 3. The molecule has 0 aromatic carbocycles. The molecule has 2 N–H and O–H groups in total. The number of rotatable bonds is 7. The van der Waals surface area contributed by atoms with Crippen molar-refractivity contribution in [1.82, 2.24) is 10.2 Å². The molecule has 106 valence electrons. The number of alkyl halides is 3. The molecule has 0 radical (unpaired) electrons. The normalized spacial score (nSPS) is 11.1. The van der Waals surface area contributed by atoms with Crippen molar-refractivity contribution in [2.24, 2.45) is 0 Å². The van der Waals surface area contributed by atoms with Crippen molar-refractivity contribution in [1.29, 1.82) is 0 Å². The molecule has 0 aliphatic rings. The van der Waals surface area contributed by atoms with Gasteiger partial charge >= 0.3 is 18.2 Å². The maximum Gasteiger partial charge on any atom is 0.406 e. The predicted molar refractivity (Wildman–Crippen MR) is 55.2 cm³/mol. The van der Waals surface area contributed by atoms with Gasteiger partial charge in [-0.3, -0.25) is 4.79 Å². The van der Waals surface area contributed by atoms with Crippen molar-refractivity contribution in [2.75, 3.05) is 33.4 Å². The average molecular weight is 272 g/mol. The van der Waals surface area contributed by atoms with E-state index in [0.29, 0.717) is 13.0 Å². The van der Waals surface area contributed by atoms with Crippen molar-refractivity contribution in [3.8, 4) is 0 Å². The van der Waals surface area contributed by atoms with Gasteiger partial charge in [-0.2, -0.15) is 13.2 Å². The number of carbonyl (C=O) groups is 2. The van der Waals surface area contributed by atoms with Crippen LogP contribution in [0.5, 0.6) is 0 Å².